The lowest BCUT2D eigenvalue weighted by Crippen LogP contribution is -2.04. The Balaban J connectivity index is 1.94. The number of aromatic nitrogens is 3. The summed E-state index contributed by atoms with van der Waals surface area (Å²) in [5, 5.41) is 0. The molecule has 0 saturated carbocycles. The number of nitrogens with zero attached hydrogens (tertiary/aromatic N) is 3. The van der Waals surface area contributed by atoms with Crippen molar-refractivity contribution in [2.24, 2.45) is 0 Å². The summed E-state index contributed by atoms with van der Waals surface area (Å²) in [6, 6.07) is 6.92. The van der Waals surface area contributed by atoms with Gasteiger partial charge in [0.1, 0.15) is 0 Å². The monoisotopic (exact) mass is 361 g/mol. The Labute approximate surface area is 147 Å². The molecule has 0 unspecified atom stereocenters. The van der Waals surface area contributed by atoms with E-state index < -0.39 is 11.7 Å². The van der Waals surface area contributed by atoms with Crippen molar-refractivity contribution in [1.29, 1.82) is 0 Å². The van der Waals surface area contributed by atoms with E-state index in [1.54, 1.807) is 36.4 Å². The van der Waals surface area contributed by atoms with Crippen LogP contribution in [-0.4, -0.2) is 20.7 Å². The Kier molecular flexibility index (Phi) is 5.03. The fraction of sp³-hybridized carbons (Fsp3) is 0.167. The van der Waals surface area contributed by atoms with E-state index in [1.807, 2.05) is 13.0 Å². The number of hydrogen-bond donors (Lipinski definition) is 0. The molecule has 0 atom stereocenters. The van der Waals surface area contributed by atoms with Crippen LogP contribution in [0.1, 0.15) is 12.5 Å². The predicted octanol–water partition coefficient (Wildman–Crippen LogP) is 5.34. The molecule has 0 aliphatic heterocycles. The topological polar surface area (TPSA) is 38.7 Å². The molecule has 0 aliphatic carbocycles. The number of halogens is 3. The highest BCUT2D eigenvalue weighted by molar-refractivity contribution is 7.99. The second-order valence-electron chi connectivity index (χ2n) is 5.17. The zero-order valence-electron chi connectivity index (χ0n) is 13.3. The van der Waals surface area contributed by atoms with Gasteiger partial charge in [-0.15, -0.1) is 11.8 Å². The number of benzene rings is 1. The van der Waals surface area contributed by atoms with Crippen molar-refractivity contribution in [1.82, 2.24) is 15.0 Å². The normalized spacial score (nSPS) is 11.5. The first kappa shape index (κ1) is 17.4. The summed E-state index contributed by atoms with van der Waals surface area (Å²) in [5.41, 5.74) is 1.64. The Hall–Kier alpha value is -2.41. The van der Waals surface area contributed by atoms with Crippen LogP contribution in [0.25, 0.3) is 22.5 Å². The quantitative estimate of drug-likeness (QED) is 0.588. The zero-order valence-corrected chi connectivity index (χ0v) is 14.1. The highest BCUT2D eigenvalue weighted by Gasteiger charge is 2.30. The summed E-state index contributed by atoms with van der Waals surface area (Å²) >= 11 is 1.65. The second-order valence-corrected chi connectivity index (χ2v) is 6.48. The molecule has 0 saturated heterocycles. The van der Waals surface area contributed by atoms with Crippen LogP contribution in [0, 0.1) is 0 Å². The van der Waals surface area contributed by atoms with E-state index in [1.165, 1.54) is 12.3 Å². The van der Waals surface area contributed by atoms with Gasteiger partial charge in [0, 0.05) is 28.4 Å². The standard InChI is InChI=1S/C18H14F3N3S/c1-2-25-17-11-22-7-6-14(17)16-10-23-15(9-24-16)12-4-3-5-13(8-12)18(19,20)21/h3-11H,2H2,1H3. The van der Waals surface area contributed by atoms with Crippen LogP contribution in [0.15, 0.2) is 60.0 Å². The molecule has 0 bridgehead atoms. The van der Waals surface area contributed by atoms with Gasteiger partial charge in [0.05, 0.1) is 29.3 Å². The van der Waals surface area contributed by atoms with E-state index in [0.717, 1.165) is 28.3 Å². The van der Waals surface area contributed by atoms with E-state index in [9.17, 15) is 13.2 Å². The molecule has 25 heavy (non-hydrogen) atoms. The molecule has 0 spiro atoms. The van der Waals surface area contributed by atoms with Crippen molar-refractivity contribution >= 4 is 11.8 Å². The molecular formula is C18H14F3N3S. The van der Waals surface area contributed by atoms with Gasteiger partial charge in [-0.05, 0) is 24.0 Å². The van der Waals surface area contributed by atoms with Gasteiger partial charge in [-0.25, -0.2) is 0 Å². The third-order valence-electron chi connectivity index (χ3n) is 3.50. The van der Waals surface area contributed by atoms with Crippen LogP contribution in [0.3, 0.4) is 0 Å². The van der Waals surface area contributed by atoms with Crippen molar-refractivity contribution in [3.05, 3.63) is 60.7 Å². The first-order chi connectivity index (χ1) is 12.0. The molecule has 7 heteroatoms. The molecule has 0 radical (unpaired) electrons. The molecule has 1 aromatic carbocycles. The molecule has 128 valence electrons. The van der Waals surface area contributed by atoms with Crippen LogP contribution >= 0.6 is 11.8 Å². The van der Waals surface area contributed by atoms with E-state index >= 15 is 0 Å². The second kappa shape index (κ2) is 7.23. The summed E-state index contributed by atoms with van der Waals surface area (Å²) in [4.78, 5) is 13.8. The third kappa shape index (κ3) is 3.99. The molecular weight excluding hydrogens is 347 g/mol. The van der Waals surface area contributed by atoms with E-state index in [2.05, 4.69) is 15.0 Å². The number of pyridine rings is 1. The van der Waals surface area contributed by atoms with Crippen molar-refractivity contribution in [2.45, 2.75) is 18.0 Å². The van der Waals surface area contributed by atoms with Crippen LogP contribution < -0.4 is 0 Å². The highest BCUT2D eigenvalue weighted by Crippen LogP contribution is 2.32. The predicted molar refractivity (Wildman–Crippen MR) is 92.1 cm³/mol. The van der Waals surface area contributed by atoms with E-state index in [0.29, 0.717) is 17.0 Å². The molecule has 3 nitrogen and oxygen atoms in total. The van der Waals surface area contributed by atoms with Gasteiger partial charge in [-0.3, -0.25) is 15.0 Å². The Morgan fingerprint density at radius 3 is 2.44 bits per heavy atom. The molecule has 2 aromatic heterocycles. The Morgan fingerprint density at radius 2 is 1.76 bits per heavy atom. The third-order valence-corrected chi connectivity index (χ3v) is 4.42. The van der Waals surface area contributed by atoms with Gasteiger partial charge in [0.2, 0.25) is 0 Å². The maximum atomic E-state index is 12.8. The Morgan fingerprint density at radius 1 is 1.00 bits per heavy atom. The first-order valence-corrected chi connectivity index (χ1v) is 8.54. The molecule has 0 N–H and O–H groups in total. The lowest BCUT2D eigenvalue weighted by molar-refractivity contribution is -0.137. The van der Waals surface area contributed by atoms with Gasteiger partial charge >= 0.3 is 6.18 Å². The summed E-state index contributed by atoms with van der Waals surface area (Å²) in [6.45, 7) is 2.05. The minimum absolute atomic E-state index is 0.381. The van der Waals surface area contributed by atoms with E-state index in [4.69, 9.17) is 0 Å². The smallest absolute Gasteiger partial charge is 0.264 e. The van der Waals surface area contributed by atoms with Crippen LogP contribution in [0.4, 0.5) is 13.2 Å². The van der Waals surface area contributed by atoms with Crippen LogP contribution in [0.5, 0.6) is 0 Å². The number of hydrogen-bond acceptors (Lipinski definition) is 4. The first-order valence-electron chi connectivity index (χ1n) is 7.56. The molecule has 3 rings (SSSR count). The van der Waals surface area contributed by atoms with Crippen molar-refractivity contribution in [2.75, 3.05) is 5.75 Å². The average Bonchev–Trinajstić information content (AvgIpc) is 2.62. The zero-order chi connectivity index (χ0) is 17.9. The van der Waals surface area contributed by atoms with Crippen molar-refractivity contribution in [3.8, 4) is 22.5 Å². The fourth-order valence-electron chi connectivity index (χ4n) is 2.33. The largest absolute Gasteiger partial charge is 0.416 e. The molecule has 0 aliphatic rings. The lowest BCUT2D eigenvalue weighted by atomic mass is 10.1. The van der Waals surface area contributed by atoms with Crippen molar-refractivity contribution in [3.63, 3.8) is 0 Å². The van der Waals surface area contributed by atoms with Crippen LogP contribution in [0.2, 0.25) is 0 Å². The molecule has 2 heterocycles. The number of thioether (sulfide) groups is 1. The maximum Gasteiger partial charge on any atom is 0.416 e. The summed E-state index contributed by atoms with van der Waals surface area (Å²) in [6.07, 6.45) is 2.13. The van der Waals surface area contributed by atoms with Crippen molar-refractivity contribution < 1.29 is 13.2 Å². The minimum Gasteiger partial charge on any atom is -0.264 e. The number of rotatable bonds is 4. The van der Waals surface area contributed by atoms with Gasteiger partial charge in [0.15, 0.2) is 0 Å². The average molecular weight is 361 g/mol. The maximum absolute atomic E-state index is 12.8. The molecule has 0 amide bonds. The Bertz CT molecular complexity index is 864. The van der Waals surface area contributed by atoms with Gasteiger partial charge < -0.3 is 0 Å². The molecule has 0 fully saturated rings. The SMILES string of the molecule is CCSc1cnccc1-c1cnc(-c2cccc(C(F)(F)F)c2)cn1. The summed E-state index contributed by atoms with van der Waals surface area (Å²) in [5.74, 6) is 0.897. The fourth-order valence-corrected chi connectivity index (χ4v) is 3.11. The van der Waals surface area contributed by atoms with Gasteiger partial charge in [0.25, 0.3) is 0 Å². The minimum atomic E-state index is -4.38. The van der Waals surface area contributed by atoms with E-state index in [-0.39, 0.29) is 0 Å². The number of alkyl halides is 3. The molecule has 3 aromatic rings. The summed E-state index contributed by atoms with van der Waals surface area (Å²) < 4.78 is 38.5. The van der Waals surface area contributed by atoms with Crippen LogP contribution in [-0.2, 0) is 6.18 Å². The van der Waals surface area contributed by atoms with Gasteiger partial charge in [-0.1, -0.05) is 19.1 Å². The lowest BCUT2D eigenvalue weighted by Gasteiger charge is -2.09. The van der Waals surface area contributed by atoms with Gasteiger partial charge in [-0.2, -0.15) is 13.2 Å². The summed E-state index contributed by atoms with van der Waals surface area (Å²) in [7, 11) is 0. The highest BCUT2D eigenvalue weighted by atomic mass is 32.2.